The van der Waals surface area contributed by atoms with Gasteiger partial charge in [0.1, 0.15) is 0 Å². The van der Waals surface area contributed by atoms with E-state index in [1.807, 2.05) is 0 Å². The first-order valence-electron chi connectivity index (χ1n) is 1.10. The molecule has 0 spiro atoms. The van der Waals surface area contributed by atoms with Gasteiger partial charge in [-0.1, -0.05) is 0 Å². The summed E-state index contributed by atoms with van der Waals surface area (Å²) in [6.45, 7) is 0. The quantitative estimate of drug-likeness (QED) is 0.224. The van der Waals surface area contributed by atoms with E-state index in [1.165, 1.54) is 0 Å². The SMILES string of the molecule is O=[N+]([O-])[O-].O=[N+]([O-])[O-].[Li+].[Zn+2]. The van der Waals surface area contributed by atoms with E-state index in [9.17, 15) is 0 Å². The van der Waals surface area contributed by atoms with E-state index in [0.29, 0.717) is 0 Å². The van der Waals surface area contributed by atoms with Gasteiger partial charge in [0.25, 0.3) is 0 Å². The third kappa shape index (κ3) is 2320. The molecule has 0 N–H and O–H groups in total. The second-order valence-corrected chi connectivity index (χ2v) is 0.447. The molecular formula is LiN2O6Zn+. The summed E-state index contributed by atoms with van der Waals surface area (Å²) in [5.74, 6) is 0. The van der Waals surface area contributed by atoms with E-state index in [0.717, 1.165) is 0 Å². The summed E-state index contributed by atoms with van der Waals surface area (Å²) in [6, 6.07) is 0. The van der Waals surface area contributed by atoms with Crippen LogP contribution in [-0.4, -0.2) is 10.2 Å². The fraction of sp³-hybridized carbons (Fsp3) is 0. The van der Waals surface area contributed by atoms with Crippen molar-refractivity contribution >= 4 is 0 Å². The van der Waals surface area contributed by atoms with Gasteiger partial charge < -0.3 is 30.6 Å². The maximum Gasteiger partial charge on any atom is 2.00 e. The second-order valence-electron chi connectivity index (χ2n) is 0.447. The van der Waals surface area contributed by atoms with Crippen LogP contribution < -0.4 is 18.9 Å². The minimum atomic E-state index is -1.75. The zero-order valence-corrected chi connectivity index (χ0v) is 8.02. The number of rotatable bonds is 0. The predicted molar refractivity (Wildman–Crippen MR) is 20.7 cm³/mol. The summed E-state index contributed by atoms with van der Waals surface area (Å²) in [5.41, 5.74) is 0. The third-order valence-electron chi connectivity index (χ3n) is 0. The largest absolute Gasteiger partial charge is 2.00 e. The Balaban J connectivity index is -0.0000000300. The molecule has 0 aromatic rings. The van der Waals surface area contributed by atoms with E-state index in [2.05, 4.69) is 0 Å². The Morgan fingerprint density at radius 1 is 0.800 bits per heavy atom. The number of hydrogen-bond donors (Lipinski definition) is 0. The molecular weight excluding hydrogens is 196 g/mol. The van der Waals surface area contributed by atoms with Crippen molar-refractivity contribution in [3.8, 4) is 0 Å². The molecule has 10 heavy (non-hydrogen) atoms. The summed E-state index contributed by atoms with van der Waals surface area (Å²) in [5, 5.41) is 29.5. The first-order chi connectivity index (χ1) is 3.46. The van der Waals surface area contributed by atoms with Crippen LogP contribution in [0.25, 0.3) is 0 Å². The van der Waals surface area contributed by atoms with Gasteiger partial charge in [-0.25, -0.2) is 0 Å². The van der Waals surface area contributed by atoms with Gasteiger partial charge in [0.2, 0.25) is 0 Å². The molecule has 0 aliphatic carbocycles. The van der Waals surface area contributed by atoms with E-state index in [1.54, 1.807) is 0 Å². The summed E-state index contributed by atoms with van der Waals surface area (Å²) in [6.07, 6.45) is 0. The molecule has 48 valence electrons. The van der Waals surface area contributed by atoms with Crippen LogP contribution in [0.1, 0.15) is 0 Å². The molecule has 0 saturated carbocycles. The van der Waals surface area contributed by atoms with Crippen LogP contribution in [0.4, 0.5) is 0 Å². The minimum Gasteiger partial charge on any atom is -0.356 e. The molecule has 0 rings (SSSR count). The van der Waals surface area contributed by atoms with E-state index < -0.39 is 10.2 Å². The van der Waals surface area contributed by atoms with Gasteiger partial charge in [-0.15, -0.1) is 0 Å². The fourth-order valence-electron chi connectivity index (χ4n) is 0. The number of nitrogens with zero attached hydrogens (tertiary/aromatic N) is 2. The predicted octanol–water partition coefficient (Wildman–Crippen LogP) is -3.48. The smallest absolute Gasteiger partial charge is 0.356 e. The Hall–Kier alpha value is -0.379. The van der Waals surface area contributed by atoms with Gasteiger partial charge >= 0.3 is 38.3 Å². The van der Waals surface area contributed by atoms with Crippen LogP contribution >= 0.6 is 0 Å². The fourth-order valence-corrected chi connectivity index (χ4v) is 0. The van der Waals surface area contributed by atoms with Crippen molar-refractivity contribution < 1.29 is 48.5 Å². The summed E-state index contributed by atoms with van der Waals surface area (Å²) in [4.78, 5) is 16.5. The van der Waals surface area contributed by atoms with Crippen LogP contribution in [-0.2, 0) is 19.5 Å². The first kappa shape index (κ1) is 22.6. The van der Waals surface area contributed by atoms with Crippen molar-refractivity contribution in [3.05, 3.63) is 30.6 Å². The zero-order valence-electron chi connectivity index (χ0n) is 5.05. The topological polar surface area (TPSA) is 132 Å². The molecule has 0 bridgehead atoms. The van der Waals surface area contributed by atoms with Gasteiger partial charge in [-0.2, -0.15) is 0 Å². The van der Waals surface area contributed by atoms with Crippen molar-refractivity contribution in [2.45, 2.75) is 0 Å². The van der Waals surface area contributed by atoms with Gasteiger partial charge in [0.05, 0.1) is 10.2 Å². The average molecular weight is 196 g/mol. The molecule has 0 saturated heterocycles. The molecule has 0 aliphatic heterocycles. The Kier molecular flexibility index (Phi) is 35.9. The normalized spacial score (nSPS) is 4.80. The molecule has 0 unspecified atom stereocenters. The van der Waals surface area contributed by atoms with Gasteiger partial charge in [0, 0.05) is 0 Å². The molecule has 8 nitrogen and oxygen atoms in total. The van der Waals surface area contributed by atoms with Crippen LogP contribution in [0.15, 0.2) is 0 Å². The molecule has 10 heteroatoms. The molecule has 0 atom stereocenters. The van der Waals surface area contributed by atoms with E-state index in [-0.39, 0.29) is 38.3 Å². The monoisotopic (exact) mass is 195 g/mol. The second kappa shape index (κ2) is 15.8. The zero-order chi connectivity index (χ0) is 7.15. The maximum atomic E-state index is 8.25. The molecule has 0 heterocycles. The van der Waals surface area contributed by atoms with Gasteiger partial charge in [0.15, 0.2) is 0 Å². The van der Waals surface area contributed by atoms with Crippen molar-refractivity contribution in [1.82, 2.24) is 0 Å². The Bertz CT molecular complexity index is 73.7. The third-order valence-corrected chi connectivity index (χ3v) is 0. The summed E-state index contributed by atoms with van der Waals surface area (Å²) in [7, 11) is 0. The standard InChI is InChI=1S/Li.2NO3.Zn/c;2*2-1(3)4;/q+1;2*-1;+2. The van der Waals surface area contributed by atoms with Crippen LogP contribution in [0, 0.1) is 30.6 Å². The van der Waals surface area contributed by atoms with Crippen molar-refractivity contribution in [3.63, 3.8) is 0 Å². The molecule has 0 aromatic heterocycles. The maximum absolute atomic E-state index is 8.25. The van der Waals surface area contributed by atoms with Crippen molar-refractivity contribution in [1.29, 1.82) is 0 Å². The minimum absolute atomic E-state index is 0. The van der Waals surface area contributed by atoms with Crippen LogP contribution in [0.2, 0.25) is 0 Å². The van der Waals surface area contributed by atoms with Gasteiger partial charge in [-0.3, -0.25) is 0 Å². The molecule has 0 aromatic carbocycles. The summed E-state index contributed by atoms with van der Waals surface area (Å²) >= 11 is 0. The molecule has 0 fully saturated rings. The molecule has 0 amide bonds. The van der Waals surface area contributed by atoms with Crippen LogP contribution in [0.3, 0.4) is 0 Å². The summed E-state index contributed by atoms with van der Waals surface area (Å²) < 4.78 is 0. The molecule has 0 aliphatic rings. The Morgan fingerprint density at radius 3 is 0.800 bits per heavy atom. The number of hydrogen-bond acceptors (Lipinski definition) is 6. The van der Waals surface area contributed by atoms with Crippen molar-refractivity contribution in [2.24, 2.45) is 0 Å². The van der Waals surface area contributed by atoms with Crippen molar-refractivity contribution in [2.75, 3.05) is 0 Å². The van der Waals surface area contributed by atoms with Gasteiger partial charge in [-0.05, 0) is 0 Å². The van der Waals surface area contributed by atoms with E-state index >= 15 is 0 Å². The first-order valence-corrected chi connectivity index (χ1v) is 1.10. The van der Waals surface area contributed by atoms with Crippen LogP contribution in [0.5, 0.6) is 0 Å². The average Bonchev–Trinajstić information content (AvgIpc) is 1.25. The molecule has 0 radical (unpaired) electrons. The van der Waals surface area contributed by atoms with E-state index in [4.69, 9.17) is 30.6 Å². The Labute approximate surface area is 79.4 Å². The Morgan fingerprint density at radius 2 is 0.800 bits per heavy atom.